The van der Waals surface area contributed by atoms with Crippen molar-refractivity contribution < 1.29 is 0 Å². The second-order valence-corrected chi connectivity index (χ2v) is 7.26. The van der Waals surface area contributed by atoms with Gasteiger partial charge in [-0.05, 0) is 68.3 Å². The standard InChI is InChI=1S/C19H33N3/c1-15(2)14-21-10-4-5-17-6-7-19(18(20)13-17)22-11-8-16(3)9-12-22/h6-7,13,15-16,21H,4-5,8-12,14,20H2,1-3H3. The molecule has 3 N–H and O–H groups in total. The van der Waals surface area contributed by atoms with E-state index in [-0.39, 0.29) is 0 Å². The second-order valence-electron chi connectivity index (χ2n) is 7.26. The van der Waals surface area contributed by atoms with Crippen molar-refractivity contribution in [1.82, 2.24) is 5.32 Å². The first-order valence-corrected chi connectivity index (χ1v) is 8.90. The molecule has 1 saturated heterocycles. The van der Waals surface area contributed by atoms with Crippen molar-refractivity contribution >= 4 is 11.4 Å². The van der Waals surface area contributed by atoms with E-state index in [1.165, 1.54) is 30.5 Å². The molecule has 1 heterocycles. The third-order valence-electron chi connectivity index (χ3n) is 4.59. The lowest BCUT2D eigenvalue weighted by Gasteiger charge is -2.33. The van der Waals surface area contributed by atoms with Gasteiger partial charge in [0.05, 0.1) is 11.4 Å². The number of aryl methyl sites for hydroxylation is 1. The van der Waals surface area contributed by atoms with Crippen LogP contribution < -0.4 is 16.0 Å². The number of nitrogens with one attached hydrogen (secondary N) is 1. The summed E-state index contributed by atoms with van der Waals surface area (Å²) in [4.78, 5) is 2.45. The minimum atomic E-state index is 0.724. The monoisotopic (exact) mass is 303 g/mol. The number of nitrogens with two attached hydrogens (primary N) is 1. The zero-order valence-electron chi connectivity index (χ0n) is 14.6. The number of rotatable bonds is 7. The molecule has 3 nitrogen and oxygen atoms in total. The van der Waals surface area contributed by atoms with Crippen molar-refractivity contribution in [3.8, 4) is 0 Å². The maximum absolute atomic E-state index is 6.30. The number of nitrogen functional groups attached to an aromatic ring is 1. The molecule has 124 valence electrons. The summed E-state index contributed by atoms with van der Waals surface area (Å²) in [5, 5.41) is 3.50. The Hall–Kier alpha value is -1.22. The van der Waals surface area contributed by atoms with Gasteiger partial charge in [-0.1, -0.05) is 26.8 Å². The highest BCUT2D eigenvalue weighted by Gasteiger charge is 2.17. The van der Waals surface area contributed by atoms with Crippen LogP contribution in [0.1, 0.15) is 45.6 Å². The van der Waals surface area contributed by atoms with E-state index in [0.717, 1.165) is 50.1 Å². The largest absolute Gasteiger partial charge is 0.397 e. The zero-order valence-corrected chi connectivity index (χ0v) is 14.6. The topological polar surface area (TPSA) is 41.3 Å². The van der Waals surface area contributed by atoms with Crippen molar-refractivity contribution in [1.29, 1.82) is 0 Å². The van der Waals surface area contributed by atoms with Crippen LogP contribution in [-0.4, -0.2) is 26.2 Å². The van der Waals surface area contributed by atoms with Gasteiger partial charge in [-0.2, -0.15) is 0 Å². The first kappa shape index (κ1) is 17.1. The molecule has 1 aromatic rings. The van der Waals surface area contributed by atoms with Crippen molar-refractivity contribution in [2.24, 2.45) is 11.8 Å². The fraction of sp³-hybridized carbons (Fsp3) is 0.684. The summed E-state index contributed by atoms with van der Waals surface area (Å²) in [6.07, 6.45) is 4.84. The highest BCUT2D eigenvalue weighted by Crippen LogP contribution is 2.29. The molecule has 0 bridgehead atoms. The smallest absolute Gasteiger partial charge is 0.0600 e. The van der Waals surface area contributed by atoms with Crippen LogP contribution in [0.5, 0.6) is 0 Å². The molecule has 1 aliphatic heterocycles. The van der Waals surface area contributed by atoms with Gasteiger partial charge in [0, 0.05) is 13.1 Å². The Morgan fingerprint density at radius 3 is 2.64 bits per heavy atom. The van der Waals surface area contributed by atoms with Crippen LogP contribution in [0.3, 0.4) is 0 Å². The molecule has 0 saturated carbocycles. The van der Waals surface area contributed by atoms with Crippen LogP contribution in [0.4, 0.5) is 11.4 Å². The Morgan fingerprint density at radius 2 is 2.00 bits per heavy atom. The number of hydrogen-bond acceptors (Lipinski definition) is 3. The molecule has 0 atom stereocenters. The Balaban J connectivity index is 1.81. The van der Waals surface area contributed by atoms with E-state index in [0.29, 0.717) is 0 Å². The third-order valence-corrected chi connectivity index (χ3v) is 4.59. The van der Waals surface area contributed by atoms with Gasteiger partial charge in [0.1, 0.15) is 0 Å². The molecule has 0 aliphatic carbocycles. The lowest BCUT2D eigenvalue weighted by Crippen LogP contribution is -2.33. The average Bonchev–Trinajstić information content (AvgIpc) is 2.48. The maximum atomic E-state index is 6.30. The molecule has 22 heavy (non-hydrogen) atoms. The number of hydrogen-bond donors (Lipinski definition) is 2. The second kappa shape index (κ2) is 8.42. The number of nitrogens with zero attached hydrogens (tertiary/aromatic N) is 1. The molecule has 0 unspecified atom stereocenters. The SMILES string of the molecule is CC(C)CNCCCc1ccc(N2CCC(C)CC2)c(N)c1. The van der Waals surface area contributed by atoms with Gasteiger partial charge >= 0.3 is 0 Å². The molecule has 1 aliphatic rings. The molecule has 1 fully saturated rings. The first-order chi connectivity index (χ1) is 10.6. The van der Waals surface area contributed by atoms with Crippen molar-refractivity contribution in [3.05, 3.63) is 23.8 Å². The van der Waals surface area contributed by atoms with Crippen molar-refractivity contribution in [3.63, 3.8) is 0 Å². The highest BCUT2D eigenvalue weighted by molar-refractivity contribution is 5.68. The van der Waals surface area contributed by atoms with E-state index in [1.54, 1.807) is 0 Å². The average molecular weight is 303 g/mol. The zero-order chi connectivity index (χ0) is 15.9. The van der Waals surface area contributed by atoms with E-state index in [4.69, 9.17) is 5.73 Å². The molecule has 0 radical (unpaired) electrons. The minimum absolute atomic E-state index is 0.724. The molecule has 1 aromatic carbocycles. The normalized spacial score (nSPS) is 16.5. The van der Waals surface area contributed by atoms with Gasteiger partial charge in [0.25, 0.3) is 0 Å². The van der Waals surface area contributed by atoms with E-state index >= 15 is 0 Å². The van der Waals surface area contributed by atoms with Crippen LogP contribution in [0.15, 0.2) is 18.2 Å². The van der Waals surface area contributed by atoms with Crippen LogP contribution in [0.2, 0.25) is 0 Å². The highest BCUT2D eigenvalue weighted by atomic mass is 15.1. The summed E-state index contributed by atoms with van der Waals surface area (Å²) in [7, 11) is 0. The van der Waals surface area contributed by atoms with Gasteiger partial charge in [0.15, 0.2) is 0 Å². The lowest BCUT2D eigenvalue weighted by atomic mass is 9.98. The lowest BCUT2D eigenvalue weighted by molar-refractivity contribution is 0.438. The molecule has 0 spiro atoms. The van der Waals surface area contributed by atoms with E-state index in [1.807, 2.05) is 0 Å². The molecular formula is C19H33N3. The summed E-state index contributed by atoms with van der Waals surface area (Å²) in [6.45, 7) is 11.3. The van der Waals surface area contributed by atoms with Gasteiger partial charge in [-0.3, -0.25) is 0 Å². The van der Waals surface area contributed by atoms with Crippen LogP contribution >= 0.6 is 0 Å². The van der Waals surface area contributed by atoms with Crippen LogP contribution in [-0.2, 0) is 6.42 Å². The van der Waals surface area contributed by atoms with Gasteiger partial charge in [-0.25, -0.2) is 0 Å². The predicted molar refractivity (Wildman–Crippen MR) is 97.5 cm³/mol. The van der Waals surface area contributed by atoms with Gasteiger partial charge < -0.3 is 16.0 Å². The summed E-state index contributed by atoms with van der Waals surface area (Å²) in [5.41, 5.74) is 9.84. The molecule has 0 amide bonds. The fourth-order valence-electron chi connectivity index (χ4n) is 3.11. The first-order valence-electron chi connectivity index (χ1n) is 8.90. The molecule has 2 rings (SSSR count). The minimum Gasteiger partial charge on any atom is -0.397 e. The number of anilines is 2. The van der Waals surface area contributed by atoms with Crippen LogP contribution in [0, 0.1) is 11.8 Å². The number of benzene rings is 1. The van der Waals surface area contributed by atoms with Gasteiger partial charge in [-0.15, -0.1) is 0 Å². The van der Waals surface area contributed by atoms with Crippen LogP contribution in [0.25, 0.3) is 0 Å². The number of piperidine rings is 1. The quantitative estimate of drug-likeness (QED) is 0.596. The maximum Gasteiger partial charge on any atom is 0.0600 e. The third kappa shape index (κ3) is 5.20. The van der Waals surface area contributed by atoms with Gasteiger partial charge in [0.2, 0.25) is 0 Å². The van der Waals surface area contributed by atoms with Crippen molar-refractivity contribution in [2.75, 3.05) is 36.8 Å². The van der Waals surface area contributed by atoms with Crippen molar-refractivity contribution in [2.45, 2.75) is 46.5 Å². The molecule has 3 heteroatoms. The summed E-state index contributed by atoms with van der Waals surface area (Å²) < 4.78 is 0. The Kier molecular flexibility index (Phi) is 6.56. The summed E-state index contributed by atoms with van der Waals surface area (Å²) >= 11 is 0. The summed E-state index contributed by atoms with van der Waals surface area (Å²) in [6, 6.07) is 6.66. The predicted octanol–water partition coefficient (Wildman–Crippen LogP) is 3.68. The van der Waals surface area contributed by atoms with E-state index < -0.39 is 0 Å². The van der Waals surface area contributed by atoms with E-state index in [2.05, 4.69) is 49.2 Å². The molecule has 0 aromatic heterocycles. The molecular weight excluding hydrogens is 270 g/mol. The van der Waals surface area contributed by atoms with E-state index in [9.17, 15) is 0 Å². The summed E-state index contributed by atoms with van der Waals surface area (Å²) in [5.74, 6) is 1.58. The Labute approximate surface area is 136 Å². The fourth-order valence-corrected chi connectivity index (χ4v) is 3.11. The Bertz CT molecular complexity index is 448. The Morgan fingerprint density at radius 1 is 1.27 bits per heavy atom.